The molecule has 0 aromatic rings. The summed E-state index contributed by atoms with van der Waals surface area (Å²) in [7, 11) is 0. The van der Waals surface area contributed by atoms with Crippen molar-refractivity contribution in [2.24, 2.45) is 4.99 Å². The van der Waals surface area contributed by atoms with Crippen LogP contribution in [0, 0.1) is 0 Å². The zero-order valence-electron chi connectivity index (χ0n) is 3.09. The molecule has 31 valence electrons. The number of amidine groups is 1. The molecule has 3 heteroatoms. The molecular formula is C3H3N2O. The first-order valence-corrected chi connectivity index (χ1v) is 1.87. The number of nitrogens with zero attached hydrogens (tertiary/aromatic N) is 2. The number of hydrogen-bond acceptors (Lipinski definition) is 2. The Labute approximate surface area is 35.0 Å². The normalized spacial score (nSPS) is 36.0. The van der Waals surface area contributed by atoms with Gasteiger partial charge in [-0.3, -0.25) is 0 Å². The van der Waals surface area contributed by atoms with Crippen LogP contribution in [0.25, 0.3) is 0 Å². The Morgan fingerprint density at radius 3 is 2.83 bits per heavy atom. The third-order valence-electron chi connectivity index (χ3n) is 0.879. The van der Waals surface area contributed by atoms with Gasteiger partial charge < -0.3 is 4.74 Å². The third-order valence-corrected chi connectivity index (χ3v) is 0.879. The Hall–Kier alpha value is -0.730. The summed E-state index contributed by atoms with van der Waals surface area (Å²) >= 11 is 0. The summed E-state index contributed by atoms with van der Waals surface area (Å²) in [5, 5.41) is 3.86. The van der Waals surface area contributed by atoms with Gasteiger partial charge in [0, 0.05) is 0 Å². The van der Waals surface area contributed by atoms with Crippen molar-refractivity contribution in [3.8, 4) is 0 Å². The fourth-order valence-electron chi connectivity index (χ4n) is 0.565. The first kappa shape index (κ1) is 2.44. The molecule has 1 fully saturated rings. The molecule has 3 aliphatic heterocycles. The summed E-state index contributed by atoms with van der Waals surface area (Å²) in [6.07, 6.45) is 0.111. The van der Waals surface area contributed by atoms with E-state index in [4.69, 9.17) is 4.74 Å². The van der Waals surface area contributed by atoms with Crippen LogP contribution in [0.3, 0.4) is 0 Å². The van der Waals surface area contributed by atoms with E-state index < -0.39 is 0 Å². The van der Waals surface area contributed by atoms with Gasteiger partial charge in [-0.25, -0.2) is 4.99 Å². The molecule has 0 aliphatic carbocycles. The van der Waals surface area contributed by atoms with Crippen LogP contribution in [0.1, 0.15) is 0 Å². The first-order valence-electron chi connectivity index (χ1n) is 1.87. The highest BCUT2D eigenvalue weighted by molar-refractivity contribution is 5.80. The average molecular weight is 83.1 g/mol. The van der Waals surface area contributed by atoms with E-state index in [2.05, 4.69) is 10.3 Å². The topological polar surface area (TPSA) is 35.7 Å². The van der Waals surface area contributed by atoms with Gasteiger partial charge in [0.1, 0.15) is 6.54 Å². The fourth-order valence-corrected chi connectivity index (χ4v) is 0.565. The fraction of sp³-hybridized carbons (Fsp3) is 0.667. The minimum Gasteiger partial charge on any atom is -0.436 e. The smallest absolute Gasteiger partial charge is 0.312 e. The van der Waals surface area contributed by atoms with Gasteiger partial charge in [-0.2, -0.15) is 5.32 Å². The molecule has 0 amide bonds. The van der Waals surface area contributed by atoms with E-state index in [1.54, 1.807) is 0 Å². The highest BCUT2D eigenvalue weighted by Gasteiger charge is 2.33. The SMILES string of the molecule is C1N=C2[N]C1O2. The molecule has 2 bridgehead atoms. The van der Waals surface area contributed by atoms with Crippen LogP contribution in [0.4, 0.5) is 0 Å². The first-order chi connectivity index (χ1) is 2.95. The van der Waals surface area contributed by atoms with Gasteiger partial charge in [-0.15, -0.1) is 0 Å². The summed E-state index contributed by atoms with van der Waals surface area (Å²) in [5.41, 5.74) is 0. The summed E-state index contributed by atoms with van der Waals surface area (Å²) in [4.78, 5) is 3.84. The molecule has 0 aromatic carbocycles. The van der Waals surface area contributed by atoms with Gasteiger partial charge >= 0.3 is 6.02 Å². The molecule has 3 rings (SSSR count). The van der Waals surface area contributed by atoms with Crippen molar-refractivity contribution in [2.75, 3.05) is 6.54 Å². The minimum absolute atomic E-state index is 0.111. The quantitative estimate of drug-likeness (QED) is 0.382. The molecule has 0 aromatic heterocycles. The number of fused-ring (bicyclic) bond motifs is 1. The molecule has 0 N–H and O–H groups in total. The minimum atomic E-state index is 0.111. The summed E-state index contributed by atoms with van der Waals surface area (Å²) in [6, 6.07) is 0.597. The summed E-state index contributed by atoms with van der Waals surface area (Å²) in [5.74, 6) is 0. The van der Waals surface area contributed by atoms with Crippen LogP contribution >= 0.6 is 0 Å². The van der Waals surface area contributed by atoms with Crippen molar-refractivity contribution in [1.29, 1.82) is 0 Å². The predicted molar refractivity (Wildman–Crippen MR) is 19.3 cm³/mol. The monoisotopic (exact) mass is 83.0 g/mol. The van der Waals surface area contributed by atoms with Gasteiger partial charge in [0.05, 0.1) is 0 Å². The van der Waals surface area contributed by atoms with E-state index in [9.17, 15) is 0 Å². The van der Waals surface area contributed by atoms with Crippen molar-refractivity contribution in [3.05, 3.63) is 0 Å². The molecule has 3 nitrogen and oxygen atoms in total. The van der Waals surface area contributed by atoms with Gasteiger partial charge in [-0.05, 0) is 0 Å². The largest absolute Gasteiger partial charge is 0.436 e. The molecule has 1 saturated heterocycles. The van der Waals surface area contributed by atoms with Gasteiger partial charge in [0.25, 0.3) is 0 Å². The summed E-state index contributed by atoms with van der Waals surface area (Å²) in [6.45, 7) is 0.759. The van der Waals surface area contributed by atoms with E-state index in [1.165, 1.54) is 0 Å². The average Bonchev–Trinajstić information content (AvgIpc) is 1.72. The maximum Gasteiger partial charge on any atom is 0.312 e. The maximum atomic E-state index is 4.83. The van der Waals surface area contributed by atoms with Crippen LogP contribution in [-0.2, 0) is 4.74 Å². The van der Waals surface area contributed by atoms with Crippen LogP contribution < -0.4 is 5.32 Å². The number of aliphatic imine (C=N–C) groups is 1. The summed E-state index contributed by atoms with van der Waals surface area (Å²) < 4.78 is 4.83. The maximum absolute atomic E-state index is 4.83. The van der Waals surface area contributed by atoms with E-state index in [-0.39, 0.29) is 6.23 Å². The van der Waals surface area contributed by atoms with Gasteiger partial charge in [-0.1, -0.05) is 0 Å². The van der Waals surface area contributed by atoms with Crippen molar-refractivity contribution >= 4 is 6.02 Å². The van der Waals surface area contributed by atoms with Crippen LogP contribution in [0.5, 0.6) is 0 Å². The Kier molecular flexibility index (Phi) is 0.216. The Morgan fingerprint density at radius 2 is 2.67 bits per heavy atom. The molecule has 6 heavy (non-hydrogen) atoms. The lowest BCUT2D eigenvalue weighted by atomic mass is 10.6. The second-order valence-corrected chi connectivity index (χ2v) is 1.32. The molecule has 1 unspecified atom stereocenters. The van der Waals surface area contributed by atoms with Crippen molar-refractivity contribution in [1.82, 2.24) is 5.32 Å². The van der Waals surface area contributed by atoms with E-state index in [0.717, 1.165) is 6.54 Å². The molecule has 1 atom stereocenters. The molecule has 3 aliphatic rings. The molecule has 1 radical (unpaired) electrons. The van der Waals surface area contributed by atoms with Crippen LogP contribution in [-0.4, -0.2) is 18.8 Å². The molecule has 3 heterocycles. The highest BCUT2D eigenvalue weighted by atomic mass is 16.6. The lowest BCUT2D eigenvalue weighted by Crippen LogP contribution is -2.40. The van der Waals surface area contributed by atoms with Crippen molar-refractivity contribution in [2.45, 2.75) is 6.23 Å². The number of ether oxygens (including phenoxy) is 1. The molecule has 0 spiro atoms. The molecular weight excluding hydrogens is 80.0 g/mol. The van der Waals surface area contributed by atoms with Crippen molar-refractivity contribution in [3.63, 3.8) is 0 Å². The van der Waals surface area contributed by atoms with E-state index >= 15 is 0 Å². The Bertz CT molecular complexity index is 98.6. The van der Waals surface area contributed by atoms with Crippen molar-refractivity contribution < 1.29 is 4.74 Å². The Balaban J connectivity index is 2.37. The van der Waals surface area contributed by atoms with Gasteiger partial charge in [0.15, 0.2) is 0 Å². The second-order valence-electron chi connectivity index (χ2n) is 1.32. The Morgan fingerprint density at radius 1 is 1.83 bits per heavy atom. The predicted octanol–water partition coefficient (Wildman–Crippen LogP) is -0.683. The zero-order valence-corrected chi connectivity index (χ0v) is 3.09. The van der Waals surface area contributed by atoms with Crippen LogP contribution in [0.15, 0.2) is 4.99 Å². The lowest BCUT2D eigenvalue weighted by Gasteiger charge is -2.16. The highest BCUT2D eigenvalue weighted by Crippen LogP contribution is 2.11. The standard InChI is InChI=1S/C3H3N2O/c1-2-5-3(4-1)6-2/h2H,1H2. The lowest BCUT2D eigenvalue weighted by molar-refractivity contribution is 0.120. The number of hydrogen-bond donors (Lipinski definition) is 0. The van der Waals surface area contributed by atoms with E-state index in [0.29, 0.717) is 6.02 Å². The zero-order chi connectivity index (χ0) is 3.98. The second kappa shape index (κ2) is 0.531. The van der Waals surface area contributed by atoms with Gasteiger partial charge in [0.2, 0.25) is 6.23 Å². The van der Waals surface area contributed by atoms with Crippen LogP contribution in [0.2, 0.25) is 0 Å². The molecule has 0 saturated carbocycles. The third kappa shape index (κ3) is 0.112. The van der Waals surface area contributed by atoms with E-state index in [1.807, 2.05) is 0 Å². The number of rotatable bonds is 0.